The molecular weight excluding hydrogens is 286 g/mol. The standard InChI is InChI=1S/C20H17NO2/c1-22-15-11-14(12-16(13-15)23-2)21-19-9-5-3-7-17(19)18-8-4-6-10-20(18)21/h3-13H,1-2H3. The number of ether oxygens (including phenoxy) is 2. The van der Waals surface area contributed by atoms with Gasteiger partial charge in [0, 0.05) is 29.0 Å². The van der Waals surface area contributed by atoms with E-state index < -0.39 is 0 Å². The van der Waals surface area contributed by atoms with Crippen LogP contribution < -0.4 is 9.47 Å². The first-order valence-electron chi connectivity index (χ1n) is 7.53. The van der Waals surface area contributed by atoms with Crippen LogP contribution in [0.15, 0.2) is 66.7 Å². The van der Waals surface area contributed by atoms with Crippen molar-refractivity contribution < 1.29 is 9.47 Å². The summed E-state index contributed by atoms with van der Waals surface area (Å²) in [5, 5.41) is 2.48. The van der Waals surface area contributed by atoms with E-state index in [4.69, 9.17) is 9.47 Å². The average Bonchev–Trinajstić information content (AvgIpc) is 2.96. The highest BCUT2D eigenvalue weighted by Gasteiger charge is 2.12. The molecule has 23 heavy (non-hydrogen) atoms. The molecule has 0 atom stereocenters. The first-order chi connectivity index (χ1) is 11.3. The van der Waals surface area contributed by atoms with Crippen molar-refractivity contribution in [3.63, 3.8) is 0 Å². The highest BCUT2D eigenvalue weighted by Crippen LogP contribution is 2.34. The van der Waals surface area contributed by atoms with E-state index in [9.17, 15) is 0 Å². The van der Waals surface area contributed by atoms with Crippen LogP contribution >= 0.6 is 0 Å². The molecule has 0 N–H and O–H groups in total. The molecule has 1 aromatic heterocycles. The Balaban J connectivity index is 2.12. The third-order valence-corrected chi connectivity index (χ3v) is 4.17. The first kappa shape index (κ1) is 13.7. The molecule has 0 aliphatic heterocycles. The molecule has 0 saturated carbocycles. The largest absolute Gasteiger partial charge is 0.497 e. The van der Waals surface area contributed by atoms with Crippen LogP contribution in [0.1, 0.15) is 0 Å². The van der Waals surface area contributed by atoms with E-state index in [1.165, 1.54) is 21.8 Å². The Hall–Kier alpha value is -2.94. The van der Waals surface area contributed by atoms with Gasteiger partial charge in [0.1, 0.15) is 11.5 Å². The topological polar surface area (TPSA) is 23.4 Å². The van der Waals surface area contributed by atoms with E-state index >= 15 is 0 Å². The van der Waals surface area contributed by atoms with Gasteiger partial charge in [-0.1, -0.05) is 36.4 Å². The van der Waals surface area contributed by atoms with Crippen molar-refractivity contribution in [2.45, 2.75) is 0 Å². The summed E-state index contributed by atoms with van der Waals surface area (Å²) in [7, 11) is 3.34. The summed E-state index contributed by atoms with van der Waals surface area (Å²) in [5.41, 5.74) is 3.37. The van der Waals surface area contributed by atoms with Crippen molar-refractivity contribution in [3.8, 4) is 17.2 Å². The van der Waals surface area contributed by atoms with Crippen molar-refractivity contribution in [2.75, 3.05) is 14.2 Å². The fraction of sp³-hybridized carbons (Fsp3) is 0.100. The summed E-state index contributed by atoms with van der Waals surface area (Å²) in [5.74, 6) is 1.56. The molecule has 0 fully saturated rings. The molecule has 0 aliphatic rings. The number of aromatic nitrogens is 1. The van der Waals surface area contributed by atoms with E-state index in [0.717, 1.165) is 17.2 Å². The fourth-order valence-corrected chi connectivity index (χ4v) is 3.12. The van der Waals surface area contributed by atoms with Gasteiger partial charge < -0.3 is 14.0 Å². The molecule has 3 aromatic carbocycles. The van der Waals surface area contributed by atoms with Gasteiger partial charge in [0.15, 0.2) is 0 Å². The fourth-order valence-electron chi connectivity index (χ4n) is 3.12. The molecule has 3 nitrogen and oxygen atoms in total. The lowest BCUT2D eigenvalue weighted by Crippen LogP contribution is -1.96. The van der Waals surface area contributed by atoms with E-state index in [1.54, 1.807) is 14.2 Å². The van der Waals surface area contributed by atoms with Gasteiger partial charge in [-0.05, 0) is 12.1 Å². The zero-order chi connectivity index (χ0) is 15.8. The minimum absolute atomic E-state index is 0.779. The van der Waals surface area contributed by atoms with E-state index in [0.29, 0.717) is 0 Å². The van der Waals surface area contributed by atoms with Gasteiger partial charge in [-0.25, -0.2) is 0 Å². The predicted molar refractivity (Wildman–Crippen MR) is 93.9 cm³/mol. The van der Waals surface area contributed by atoms with Gasteiger partial charge in [-0.2, -0.15) is 0 Å². The summed E-state index contributed by atoms with van der Waals surface area (Å²) in [4.78, 5) is 0. The monoisotopic (exact) mass is 303 g/mol. The van der Waals surface area contributed by atoms with Crippen LogP contribution in [-0.2, 0) is 0 Å². The molecule has 1 heterocycles. The number of para-hydroxylation sites is 2. The summed E-state index contributed by atoms with van der Waals surface area (Å²) in [6, 6.07) is 22.8. The number of nitrogens with zero attached hydrogens (tertiary/aromatic N) is 1. The number of fused-ring (bicyclic) bond motifs is 3. The molecule has 0 amide bonds. The summed E-state index contributed by atoms with van der Waals surface area (Å²) in [6.45, 7) is 0. The molecular formula is C20H17NO2. The zero-order valence-electron chi connectivity index (χ0n) is 13.1. The second-order valence-corrected chi connectivity index (χ2v) is 5.44. The minimum Gasteiger partial charge on any atom is -0.497 e. The second kappa shape index (κ2) is 5.36. The van der Waals surface area contributed by atoms with Crippen molar-refractivity contribution in [2.24, 2.45) is 0 Å². The smallest absolute Gasteiger partial charge is 0.124 e. The predicted octanol–water partition coefficient (Wildman–Crippen LogP) is 4.80. The molecule has 114 valence electrons. The summed E-state index contributed by atoms with van der Waals surface area (Å²) in [6.07, 6.45) is 0. The molecule has 0 unspecified atom stereocenters. The molecule has 0 spiro atoms. The van der Waals surface area contributed by atoms with Crippen molar-refractivity contribution in [1.82, 2.24) is 4.57 Å². The van der Waals surface area contributed by atoms with Crippen LogP contribution in [0.3, 0.4) is 0 Å². The van der Waals surface area contributed by atoms with Gasteiger partial charge in [0.25, 0.3) is 0 Å². The van der Waals surface area contributed by atoms with Gasteiger partial charge in [0.2, 0.25) is 0 Å². The van der Waals surface area contributed by atoms with Crippen LogP contribution in [0.2, 0.25) is 0 Å². The molecule has 3 heteroatoms. The number of hydrogen-bond acceptors (Lipinski definition) is 2. The average molecular weight is 303 g/mol. The maximum Gasteiger partial charge on any atom is 0.124 e. The Bertz CT molecular complexity index is 926. The normalized spacial score (nSPS) is 11.0. The number of rotatable bonds is 3. The van der Waals surface area contributed by atoms with Gasteiger partial charge in [0.05, 0.1) is 30.9 Å². The number of hydrogen-bond donors (Lipinski definition) is 0. The second-order valence-electron chi connectivity index (χ2n) is 5.44. The molecule has 4 rings (SSSR count). The molecule has 0 saturated heterocycles. The lowest BCUT2D eigenvalue weighted by atomic mass is 10.2. The summed E-state index contributed by atoms with van der Waals surface area (Å²) >= 11 is 0. The van der Waals surface area contributed by atoms with Crippen LogP contribution in [0.25, 0.3) is 27.5 Å². The van der Waals surface area contributed by atoms with Crippen LogP contribution in [0.5, 0.6) is 11.5 Å². The van der Waals surface area contributed by atoms with E-state index in [1.807, 2.05) is 18.2 Å². The highest BCUT2D eigenvalue weighted by atomic mass is 16.5. The Kier molecular flexibility index (Phi) is 3.19. The van der Waals surface area contributed by atoms with E-state index in [2.05, 4.69) is 53.1 Å². The highest BCUT2D eigenvalue weighted by molar-refractivity contribution is 6.09. The number of benzene rings is 3. The maximum absolute atomic E-state index is 5.43. The Morgan fingerprint density at radius 1 is 0.652 bits per heavy atom. The van der Waals surface area contributed by atoms with Crippen molar-refractivity contribution >= 4 is 21.8 Å². The quantitative estimate of drug-likeness (QED) is 0.542. The van der Waals surface area contributed by atoms with Crippen LogP contribution in [-0.4, -0.2) is 18.8 Å². The molecule has 0 radical (unpaired) electrons. The lowest BCUT2D eigenvalue weighted by Gasteiger charge is -2.12. The summed E-state index contributed by atoms with van der Waals surface area (Å²) < 4.78 is 13.1. The zero-order valence-corrected chi connectivity index (χ0v) is 13.1. The molecule has 0 bridgehead atoms. The Labute approximate surface area is 134 Å². The Morgan fingerprint density at radius 3 is 1.61 bits per heavy atom. The SMILES string of the molecule is COc1cc(OC)cc(-n2c3ccccc3c3ccccc32)c1. The Morgan fingerprint density at radius 2 is 1.13 bits per heavy atom. The van der Waals surface area contributed by atoms with Gasteiger partial charge in [-0.3, -0.25) is 0 Å². The number of methoxy groups -OCH3 is 2. The van der Waals surface area contributed by atoms with Crippen molar-refractivity contribution in [1.29, 1.82) is 0 Å². The third kappa shape index (κ3) is 2.13. The first-order valence-corrected chi connectivity index (χ1v) is 7.53. The van der Waals surface area contributed by atoms with Crippen LogP contribution in [0.4, 0.5) is 0 Å². The van der Waals surface area contributed by atoms with Crippen molar-refractivity contribution in [3.05, 3.63) is 66.7 Å². The molecule has 4 aromatic rings. The van der Waals surface area contributed by atoms with Crippen LogP contribution in [0, 0.1) is 0 Å². The lowest BCUT2D eigenvalue weighted by molar-refractivity contribution is 0.394. The third-order valence-electron chi connectivity index (χ3n) is 4.17. The van der Waals surface area contributed by atoms with Gasteiger partial charge in [-0.15, -0.1) is 0 Å². The molecule has 0 aliphatic carbocycles. The minimum atomic E-state index is 0.779. The van der Waals surface area contributed by atoms with Gasteiger partial charge >= 0.3 is 0 Å². The van der Waals surface area contributed by atoms with E-state index in [-0.39, 0.29) is 0 Å². The maximum atomic E-state index is 5.43.